The van der Waals surface area contributed by atoms with Crippen LogP contribution in [0.5, 0.6) is 5.75 Å². The van der Waals surface area contributed by atoms with Gasteiger partial charge >= 0.3 is 5.97 Å². The lowest BCUT2D eigenvalue weighted by Crippen LogP contribution is -2.41. The smallest absolute Gasteiger partial charge is 0.309 e. The summed E-state index contributed by atoms with van der Waals surface area (Å²) in [5, 5.41) is 0.964. The second kappa shape index (κ2) is 8.46. The highest BCUT2D eigenvalue weighted by atomic mass is 16.5. The first kappa shape index (κ1) is 19.3. The molecular formula is C21H28N2O4. The topological polar surface area (TPSA) is 60.8 Å². The number of nitrogens with zero attached hydrogens (tertiary/aromatic N) is 2. The molecule has 0 bridgehead atoms. The van der Waals surface area contributed by atoms with Gasteiger partial charge in [-0.2, -0.15) is 0 Å². The van der Waals surface area contributed by atoms with Gasteiger partial charge in [-0.1, -0.05) is 6.07 Å². The number of carbonyl (C=O) groups excluding carboxylic acids is 2. The van der Waals surface area contributed by atoms with E-state index in [9.17, 15) is 9.59 Å². The summed E-state index contributed by atoms with van der Waals surface area (Å²) in [7, 11) is 0. The van der Waals surface area contributed by atoms with Gasteiger partial charge in [-0.25, -0.2) is 0 Å². The van der Waals surface area contributed by atoms with E-state index in [0.29, 0.717) is 51.4 Å². The Balaban J connectivity index is 1.82. The standard InChI is InChI=1S/C21H28N2O4/c1-4-23-17-8-7-9-19(26-5-2)16(17)14-18(23)20(24)22-12-10-15(11-13-22)21(25)27-6-3/h7-9,14-15H,4-6,10-13H2,1-3H3. The van der Waals surface area contributed by atoms with E-state index < -0.39 is 0 Å². The Hall–Kier alpha value is -2.50. The van der Waals surface area contributed by atoms with Crippen molar-refractivity contribution in [3.05, 3.63) is 30.0 Å². The number of fused-ring (bicyclic) bond motifs is 1. The van der Waals surface area contributed by atoms with Crippen LogP contribution in [0, 0.1) is 5.92 Å². The number of rotatable bonds is 6. The molecule has 1 saturated heterocycles. The van der Waals surface area contributed by atoms with Crippen molar-refractivity contribution in [2.24, 2.45) is 5.92 Å². The molecule has 6 nitrogen and oxygen atoms in total. The first-order chi connectivity index (χ1) is 13.1. The van der Waals surface area contributed by atoms with Crippen LogP contribution < -0.4 is 4.74 Å². The van der Waals surface area contributed by atoms with Gasteiger partial charge in [0.1, 0.15) is 11.4 Å². The molecule has 0 radical (unpaired) electrons. The molecule has 3 rings (SSSR count). The van der Waals surface area contributed by atoms with Gasteiger partial charge in [0.15, 0.2) is 0 Å². The molecule has 1 aromatic carbocycles. The number of ether oxygens (including phenoxy) is 2. The van der Waals surface area contributed by atoms with Crippen molar-refractivity contribution < 1.29 is 19.1 Å². The summed E-state index contributed by atoms with van der Waals surface area (Å²) >= 11 is 0. The molecule has 2 heterocycles. The Kier molecular flexibility index (Phi) is 6.04. The summed E-state index contributed by atoms with van der Waals surface area (Å²) < 4.78 is 12.9. The second-order valence-electron chi connectivity index (χ2n) is 6.71. The van der Waals surface area contributed by atoms with E-state index >= 15 is 0 Å². The molecule has 1 aromatic heterocycles. The Morgan fingerprint density at radius 3 is 2.48 bits per heavy atom. The molecule has 1 fully saturated rings. The highest BCUT2D eigenvalue weighted by molar-refractivity contribution is 6.00. The van der Waals surface area contributed by atoms with Gasteiger partial charge in [0, 0.05) is 25.0 Å². The highest BCUT2D eigenvalue weighted by Crippen LogP contribution is 2.30. The number of aromatic nitrogens is 1. The van der Waals surface area contributed by atoms with Crippen LogP contribution in [0.25, 0.3) is 10.9 Å². The van der Waals surface area contributed by atoms with E-state index in [0.717, 1.165) is 16.7 Å². The minimum Gasteiger partial charge on any atom is -0.493 e. The predicted molar refractivity (Wildman–Crippen MR) is 104 cm³/mol. The molecule has 146 valence electrons. The SMILES string of the molecule is CCOC(=O)C1CCN(C(=O)c2cc3c(OCC)cccc3n2CC)CC1. The van der Waals surface area contributed by atoms with Crippen molar-refractivity contribution in [2.75, 3.05) is 26.3 Å². The van der Waals surface area contributed by atoms with E-state index in [4.69, 9.17) is 9.47 Å². The van der Waals surface area contributed by atoms with E-state index in [2.05, 4.69) is 0 Å². The fourth-order valence-electron chi connectivity index (χ4n) is 3.80. The van der Waals surface area contributed by atoms with Crippen molar-refractivity contribution in [2.45, 2.75) is 40.2 Å². The number of amides is 1. The summed E-state index contributed by atoms with van der Waals surface area (Å²) in [5.41, 5.74) is 1.68. The van der Waals surface area contributed by atoms with Gasteiger partial charge in [0.25, 0.3) is 5.91 Å². The van der Waals surface area contributed by atoms with Crippen LogP contribution in [0.15, 0.2) is 24.3 Å². The normalized spacial score (nSPS) is 15.1. The molecule has 1 aliphatic heterocycles. The third kappa shape index (κ3) is 3.80. The van der Waals surface area contributed by atoms with Crippen molar-refractivity contribution >= 4 is 22.8 Å². The van der Waals surface area contributed by atoms with Gasteiger partial charge < -0.3 is 18.9 Å². The van der Waals surface area contributed by atoms with Crippen LogP contribution in [0.2, 0.25) is 0 Å². The summed E-state index contributed by atoms with van der Waals surface area (Å²) in [5.74, 6) is 0.569. The number of benzene rings is 1. The Labute approximate surface area is 160 Å². The molecule has 1 amide bonds. The average molecular weight is 372 g/mol. The van der Waals surface area contributed by atoms with Crippen molar-refractivity contribution in [3.8, 4) is 5.75 Å². The minimum absolute atomic E-state index is 0.0119. The molecule has 0 aliphatic carbocycles. The molecule has 0 atom stereocenters. The first-order valence-corrected chi connectivity index (χ1v) is 9.81. The Morgan fingerprint density at radius 2 is 1.85 bits per heavy atom. The fourth-order valence-corrected chi connectivity index (χ4v) is 3.80. The number of hydrogen-bond donors (Lipinski definition) is 0. The summed E-state index contributed by atoms with van der Waals surface area (Å²) in [6.07, 6.45) is 1.31. The average Bonchev–Trinajstić information content (AvgIpc) is 3.07. The summed E-state index contributed by atoms with van der Waals surface area (Å²) in [6.45, 7) is 8.65. The third-order valence-electron chi connectivity index (χ3n) is 5.14. The van der Waals surface area contributed by atoms with E-state index in [1.54, 1.807) is 0 Å². The molecular weight excluding hydrogens is 344 g/mol. The van der Waals surface area contributed by atoms with Crippen LogP contribution in [0.3, 0.4) is 0 Å². The predicted octanol–water partition coefficient (Wildman–Crippen LogP) is 3.48. The van der Waals surface area contributed by atoms with Gasteiger partial charge in [-0.05, 0) is 51.8 Å². The molecule has 0 spiro atoms. The zero-order valence-electron chi connectivity index (χ0n) is 16.4. The fraction of sp³-hybridized carbons (Fsp3) is 0.524. The summed E-state index contributed by atoms with van der Waals surface area (Å²) in [4.78, 5) is 26.9. The van der Waals surface area contributed by atoms with Crippen LogP contribution in [0.4, 0.5) is 0 Å². The Morgan fingerprint density at radius 1 is 1.11 bits per heavy atom. The van der Waals surface area contributed by atoms with Gasteiger partial charge in [0.2, 0.25) is 0 Å². The Bertz CT molecular complexity index is 819. The number of hydrogen-bond acceptors (Lipinski definition) is 4. The maximum absolute atomic E-state index is 13.2. The zero-order valence-corrected chi connectivity index (χ0v) is 16.4. The van der Waals surface area contributed by atoms with E-state index in [-0.39, 0.29) is 17.8 Å². The number of likely N-dealkylation sites (tertiary alicyclic amines) is 1. The van der Waals surface area contributed by atoms with Crippen molar-refractivity contribution in [1.82, 2.24) is 9.47 Å². The molecule has 0 N–H and O–H groups in total. The van der Waals surface area contributed by atoms with Crippen LogP contribution in [-0.4, -0.2) is 47.6 Å². The van der Waals surface area contributed by atoms with Crippen LogP contribution in [0.1, 0.15) is 44.1 Å². The first-order valence-electron chi connectivity index (χ1n) is 9.81. The number of aryl methyl sites for hydroxylation is 1. The van der Waals surface area contributed by atoms with E-state index in [1.165, 1.54) is 0 Å². The summed E-state index contributed by atoms with van der Waals surface area (Å²) in [6, 6.07) is 7.85. The lowest BCUT2D eigenvalue weighted by atomic mass is 9.97. The molecule has 27 heavy (non-hydrogen) atoms. The molecule has 0 unspecified atom stereocenters. The maximum Gasteiger partial charge on any atom is 0.309 e. The molecule has 2 aromatic rings. The lowest BCUT2D eigenvalue weighted by molar-refractivity contribution is -0.149. The lowest BCUT2D eigenvalue weighted by Gasteiger charge is -2.31. The maximum atomic E-state index is 13.2. The van der Waals surface area contributed by atoms with Crippen molar-refractivity contribution in [1.29, 1.82) is 0 Å². The zero-order chi connectivity index (χ0) is 19.4. The highest BCUT2D eigenvalue weighted by Gasteiger charge is 2.30. The number of carbonyl (C=O) groups is 2. The van der Waals surface area contributed by atoms with Crippen LogP contribution in [-0.2, 0) is 16.1 Å². The quantitative estimate of drug-likeness (QED) is 0.729. The largest absolute Gasteiger partial charge is 0.493 e. The third-order valence-corrected chi connectivity index (χ3v) is 5.14. The second-order valence-corrected chi connectivity index (χ2v) is 6.71. The number of piperidine rings is 1. The number of esters is 1. The minimum atomic E-state index is -0.145. The molecule has 1 aliphatic rings. The van der Waals surface area contributed by atoms with Gasteiger partial charge in [-0.3, -0.25) is 9.59 Å². The monoisotopic (exact) mass is 372 g/mol. The van der Waals surface area contributed by atoms with Crippen LogP contribution >= 0.6 is 0 Å². The molecule has 6 heteroatoms. The van der Waals surface area contributed by atoms with Gasteiger partial charge in [0.05, 0.1) is 24.6 Å². The van der Waals surface area contributed by atoms with Crippen molar-refractivity contribution in [3.63, 3.8) is 0 Å². The molecule has 0 saturated carbocycles. The van der Waals surface area contributed by atoms with E-state index in [1.807, 2.05) is 54.5 Å². The van der Waals surface area contributed by atoms with Gasteiger partial charge in [-0.15, -0.1) is 0 Å².